The molecular formula is C8H15N3O3. The lowest BCUT2D eigenvalue weighted by Gasteiger charge is -2.09. The number of carboxylic acid groups (broad SMARTS) is 1. The van der Waals surface area contributed by atoms with Gasteiger partial charge in [0.1, 0.15) is 6.04 Å². The largest absolute Gasteiger partial charge is 0.480 e. The van der Waals surface area contributed by atoms with E-state index in [1.54, 1.807) is 6.92 Å². The lowest BCUT2D eigenvalue weighted by molar-refractivity contribution is -0.140. The van der Waals surface area contributed by atoms with Gasteiger partial charge in [-0.05, 0) is 19.8 Å². The fraction of sp³-hybridized carbons (Fsp3) is 0.625. The molecule has 14 heavy (non-hydrogen) atoms. The fourth-order valence-electron chi connectivity index (χ4n) is 0.911. The molecule has 80 valence electrons. The Labute approximate surface area is 82.2 Å². The molecule has 0 aromatic heterocycles. The van der Waals surface area contributed by atoms with Crippen molar-refractivity contribution in [2.24, 2.45) is 10.7 Å². The molecule has 0 fully saturated rings. The Morgan fingerprint density at radius 2 is 2.36 bits per heavy atom. The first-order chi connectivity index (χ1) is 6.57. The highest BCUT2D eigenvalue weighted by molar-refractivity contribution is 5.77. The van der Waals surface area contributed by atoms with E-state index in [9.17, 15) is 9.59 Å². The quantitative estimate of drug-likeness (QED) is 0.220. The molecule has 1 amide bonds. The van der Waals surface area contributed by atoms with E-state index < -0.39 is 12.0 Å². The smallest absolute Gasteiger partial charge is 0.326 e. The van der Waals surface area contributed by atoms with E-state index in [0.29, 0.717) is 31.6 Å². The molecule has 0 heterocycles. The number of carbonyl (C=O) groups excluding carboxylic acids is 1. The zero-order valence-electron chi connectivity index (χ0n) is 8.06. The molecule has 0 aliphatic rings. The summed E-state index contributed by atoms with van der Waals surface area (Å²) in [6, 6.07) is -0.833. The van der Waals surface area contributed by atoms with E-state index in [1.807, 2.05) is 0 Å². The van der Waals surface area contributed by atoms with Crippen LogP contribution in [0.3, 0.4) is 0 Å². The van der Waals surface area contributed by atoms with Gasteiger partial charge in [0.2, 0.25) is 6.41 Å². The van der Waals surface area contributed by atoms with Crippen molar-refractivity contribution in [1.29, 1.82) is 0 Å². The van der Waals surface area contributed by atoms with Gasteiger partial charge in [-0.1, -0.05) is 0 Å². The minimum atomic E-state index is -1.04. The van der Waals surface area contributed by atoms with Crippen molar-refractivity contribution in [2.45, 2.75) is 25.8 Å². The second-order valence-electron chi connectivity index (χ2n) is 2.84. The fourth-order valence-corrected chi connectivity index (χ4v) is 0.911. The molecule has 0 bridgehead atoms. The molecule has 6 heteroatoms. The maximum Gasteiger partial charge on any atom is 0.326 e. The second-order valence-corrected chi connectivity index (χ2v) is 2.84. The number of amides is 1. The number of carbonyl (C=O) groups is 2. The number of amidine groups is 1. The lowest BCUT2D eigenvalue weighted by Crippen LogP contribution is -2.35. The minimum absolute atomic E-state index is 0.352. The first kappa shape index (κ1) is 12.4. The van der Waals surface area contributed by atoms with Gasteiger partial charge in [-0.2, -0.15) is 0 Å². The Bertz CT molecular complexity index is 224. The molecule has 0 aromatic carbocycles. The van der Waals surface area contributed by atoms with Crippen LogP contribution >= 0.6 is 0 Å². The van der Waals surface area contributed by atoms with Crippen molar-refractivity contribution in [3.05, 3.63) is 0 Å². The summed E-state index contributed by atoms with van der Waals surface area (Å²) in [7, 11) is 0. The number of aliphatic imine (C=N–C) groups is 1. The van der Waals surface area contributed by atoms with E-state index in [0.717, 1.165) is 0 Å². The number of hydrogen-bond donors (Lipinski definition) is 3. The molecule has 0 aliphatic heterocycles. The van der Waals surface area contributed by atoms with Crippen LogP contribution in [0.2, 0.25) is 0 Å². The zero-order valence-corrected chi connectivity index (χ0v) is 8.06. The van der Waals surface area contributed by atoms with E-state index in [1.165, 1.54) is 0 Å². The number of aliphatic carboxylic acids is 1. The maximum absolute atomic E-state index is 10.5. The van der Waals surface area contributed by atoms with Crippen LogP contribution in [0.25, 0.3) is 0 Å². The molecule has 0 rings (SSSR count). The van der Waals surface area contributed by atoms with Gasteiger partial charge in [0.25, 0.3) is 0 Å². The summed E-state index contributed by atoms with van der Waals surface area (Å²) in [5, 5.41) is 10.8. The summed E-state index contributed by atoms with van der Waals surface area (Å²) in [5.41, 5.74) is 5.29. The summed E-state index contributed by atoms with van der Waals surface area (Å²) in [6.07, 6.45) is 1.31. The summed E-state index contributed by atoms with van der Waals surface area (Å²) in [4.78, 5) is 24.5. The molecular weight excluding hydrogens is 186 g/mol. The Kier molecular flexibility index (Phi) is 6.09. The predicted molar refractivity (Wildman–Crippen MR) is 52.0 cm³/mol. The molecule has 6 nitrogen and oxygen atoms in total. The highest BCUT2D eigenvalue weighted by Gasteiger charge is 2.14. The van der Waals surface area contributed by atoms with Crippen LogP contribution in [0.15, 0.2) is 4.99 Å². The molecule has 0 saturated carbocycles. The summed E-state index contributed by atoms with van der Waals surface area (Å²) in [6.45, 7) is 2.14. The average molecular weight is 201 g/mol. The summed E-state index contributed by atoms with van der Waals surface area (Å²) < 4.78 is 0. The molecule has 1 atom stereocenters. The Balaban J connectivity index is 3.77. The van der Waals surface area contributed by atoms with E-state index in [-0.39, 0.29) is 0 Å². The Morgan fingerprint density at radius 1 is 1.71 bits per heavy atom. The molecule has 0 aliphatic carbocycles. The van der Waals surface area contributed by atoms with Gasteiger partial charge in [0, 0.05) is 6.54 Å². The predicted octanol–water partition coefficient (Wildman–Crippen LogP) is -0.657. The first-order valence-corrected chi connectivity index (χ1v) is 4.27. The average Bonchev–Trinajstić information content (AvgIpc) is 2.09. The van der Waals surface area contributed by atoms with Crippen LogP contribution in [-0.2, 0) is 9.59 Å². The highest BCUT2D eigenvalue weighted by atomic mass is 16.4. The minimum Gasteiger partial charge on any atom is -0.480 e. The molecule has 4 N–H and O–H groups in total. The van der Waals surface area contributed by atoms with Gasteiger partial charge in [-0.15, -0.1) is 0 Å². The van der Waals surface area contributed by atoms with Crippen LogP contribution in [0.4, 0.5) is 0 Å². The van der Waals surface area contributed by atoms with Crippen molar-refractivity contribution in [1.82, 2.24) is 5.32 Å². The SMILES string of the molecule is CC(N)=NCCCC(NC=O)C(=O)O. The lowest BCUT2D eigenvalue weighted by atomic mass is 10.1. The standard InChI is InChI=1S/C8H15N3O3/c1-6(9)10-4-2-3-7(8(13)14)11-5-12/h5,7H,2-4H2,1H3,(H2,9,10)(H,11,12)(H,13,14). The third-order valence-corrected chi connectivity index (χ3v) is 1.58. The van der Waals surface area contributed by atoms with Crippen molar-refractivity contribution < 1.29 is 14.7 Å². The van der Waals surface area contributed by atoms with Gasteiger partial charge >= 0.3 is 5.97 Å². The Hall–Kier alpha value is -1.59. The summed E-state index contributed by atoms with van der Waals surface area (Å²) in [5.74, 6) is -0.564. The van der Waals surface area contributed by atoms with Gasteiger partial charge < -0.3 is 16.2 Å². The third kappa shape index (κ3) is 5.99. The van der Waals surface area contributed by atoms with E-state index in [2.05, 4.69) is 10.3 Å². The van der Waals surface area contributed by atoms with Crippen LogP contribution in [0.5, 0.6) is 0 Å². The Morgan fingerprint density at radius 3 is 2.79 bits per heavy atom. The number of hydrogen-bond acceptors (Lipinski definition) is 3. The third-order valence-electron chi connectivity index (χ3n) is 1.58. The monoisotopic (exact) mass is 201 g/mol. The number of carboxylic acids is 1. The molecule has 1 unspecified atom stereocenters. The zero-order chi connectivity index (χ0) is 11.0. The number of nitrogens with two attached hydrogens (primary N) is 1. The van der Waals surface area contributed by atoms with E-state index in [4.69, 9.17) is 10.8 Å². The van der Waals surface area contributed by atoms with Gasteiger partial charge in [-0.3, -0.25) is 9.79 Å². The highest BCUT2D eigenvalue weighted by Crippen LogP contribution is 1.97. The first-order valence-electron chi connectivity index (χ1n) is 4.27. The number of nitrogens with one attached hydrogen (secondary N) is 1. The van der Waals surface area contributed by atoms with Gasteiger partial charge in [-0.25, -0.2) is 4.79 Å². The van der Waals surface area contributed by atoms with Crippen LogP contribution in [0, 0.1) is 0 Å². The van der Waals surface area contributed by atoms with Crippen molar-refractivity contribution in [2.75, 3.05) is 6.54 Å². The van der Waals surface area contributed by atoms with Crippen LogP contribution < -0.4 is 11.1 Å². The molecule has 0 radical (unpaired) electrons. The van der Waals surface area contributed by atoms with Crippen molar-refractivity contribution in [3.8, 4) is 0 Å². The molecule has 0 saturated heterocycles. The topological polar surface area (TPSA) is 105 Å². The van der Waals surface area contributed by atoms with Crippen molar-refractivity contribution >= 4 is 18.2 Å². The number of nitrogens with zero attached hydrogens (tertiary/aromatic N) is 1. The van der Waals surface area contributed by atoms with Gasteiger partial charge in [0.05, 0.1) is 5.84 Å². The van der Waals surface area contributed by atoms with Crippen LogP contribution in [-0.4, -0.2) is 35.9 Å². The van der Waals surface area contributed by atoms with Gasteiger partial charge in [0.15, 0.2) is 0 Å². The molecule has 0 aromatic rings. The normalized spacial score (nSPS) is 13.4. The van der Waals surface area contributed by atoms with Crippen molar-refractivity contribution in [3.63, 3.8) is 0 Å². The second kappa shape index (κ2) is 6.88. The van der Waals surface area contributed by atoms with E-state index >= 15 is 0 Å². The number of rotatable bonds is 7. The maximum atomic E-state index is 10.5. The summed E-state index contributed by atoms with van der Waals surface area (Å²) >= 11 is 0. The van der Waals surface area contributed by atoms with Crippen LogP contribution in [0.1, 0.15) is 19.8 Å². The molecule has 0 spiro atoms.